The maximum atomic E-state index is 12.9. The maximum absolute atomic E-state index is 12.9. The van der Waals surface area contributed by atoms with Crippen molar-refractivity contribution in [2.24, 2.45) is 0 Å². The van der Waals surface area contributed by atoms with Gasteiger partial charge in [-0.3, -0.25) is 9.59 Å². The molecule has 0 aromatic heterocycles. The predicted molar refractivity (Wildman–Crippen MR) is 86.6 cm³/mol. The van der Waals surface area contributed by atoms with Gasteiger partial charge in [-0.1, -0.05) is 18.5 Å². The van der Waals surface area contributed by atoms with Crippen molar-refractivity contribution in [2.75, 3.05) is 11.9 Å². The number of carbonyl (C=O) groups excluding carboxylic acids is 2. The van der Waals surface area contributed by atoms with Gasteiger partial charge in [-0.15, -0.1) is 0 Å². The average molecular weight is 336 g/mol. The minimum atomic E-state index is -0.481. The van der Waals surface area contributed by atoms with Gasteiger partial charge in [-0.25, -0.2) is 4.39 Å². The molecule has 23 heavy (non-hydrogen) atoms. The van der Waals surface area contributed by atoms with Gasteiger partial charge in [-0.05, 0) is 42.5 Å². The monoisotopic (exact) mass is 335 g/mol. The van der Waals surface area contributed by atoms with Crippen LogP contribution in [0.5, 0.6) is 5.75 Å². The third-order valence-electron chi connectivity index (χ3n) is 3.07. The summed E-state index contributed by atoms with van der Waals surface area (Å²) in [5, 5.41) is 2.64. The van der Waals surface area contributed by atoms with E-state index in [2.05, 4.69) is 5.32 Å². The van der Waals surface area contributed by atoms with Crippen LogP contribution >= 0.6 is 11.6 Å². The van der Waals surface area contributed by atoms with Crippen molar-refractivity contribution >= 4 is 29.0 Å². The smallest absolute Gasteiger partial charge is 0.262 e. The van der Waals surface area contributed by atoms with Gasteiger partial charge in [0.05, 0.1) is 10.7 Å². The molecule has 0 saturated heterocycles. The van der Waals surface area contributed by atoms with Gasteiger partial charge in [0.25, 0.3) is 5.91 Å². The summed E-state index contributed by atoms with van der Waals surface area (Å²) in [5.74, 6) is -0.392. The first-order chi connectivity index (χ1) is 11.0. The lowest BCUT2D eigenvalue weighted by atomic mass is 10.1. The second-order valence-corrected chi connectivity index (χ2v) is 5.17. The summed E-state index contributed by atoms with van der Waals surface area (Å²) in [7, 11) is 0. The number of Topliss-reactive ketones (excluding diaryl/α,β-unsaturated/α-hetero) is 1. The number of ether oxygens (including phenoxy) is 1. The number of halogens is 2. The summed E-state index contributed by atoms with van der Waals surface area (Å²) in [6.07, 6.45) is 0.432. The third-order valence-corrected chi connectivity index (χ3v) is 3.39. The number of anilines is 1. The van der Waals surface area contributed by atoms with E-state index in [0.29, 0.717) is 23.4 Å². The molecule has 2 rings (SSSR count). The van der Waals surface area contributed by atoms with Crippen molar-refractivity contribution in [1.29, 1.82) is 0 Å². The normalized spacial score (nSPS) is 10.2. The number of carbonyl (C=O) groups is 2. The molecule has 0 unspecified atom stereocenters. The van der Waals surface area contributed by atoms with E-state index in [1.165, 1.54) is 12.1 Å². The van der Waals surface area contributed by atoms with E-state index in [1.807, 2.05) is 0 Å². The molecule has 6 heteroatoms. The standard InChI is InChI=1S/C17H15ClFNO3/c1-2-16(21)11-3-6-13(7-4-11)23-10-17(22)20-15-8-5-12(19)9-14(15)18/h3-9H,2,10H2,1H3,(H,20,22). The van der Waals surface area contributed by atoms with Gasteiger partial charge in [0.15, 0.2) is 12.4 Å². The van der Waals surface area contributed by atoms with Crippen molar-refractivity contribution in [3.63, 3.8) is 0 Å². The minimum Gasteiger partial charge on any atom is -0.484 e. The minimum absolute atomic E-state index is 0.0419. The number of hydrogen-bond donors (Lipinski definition) is 1. The zero-order chi connectivity index (χ0) is 16.8. The molecule has 2 aromatic carbocycles. The summed E-state index contributed by atoms with van der Waals surface area (Å²) in [6, 6.07) is 10.2. The van der Waals surface area contributed by atoms with Gasteiger partial charge < -0.3 is 10.1 Å². The maximum Gasteiger partial charge on any atom is 0.262 e. The summed E-state index contributed by atoms with van der Waals surface area (Å²) >= 11 is 5.82. The number of hydrogen-bond acceptors (Lipinski definition) is 3. The van der Waals surface area contributed by atoms with Gasteiger partial charge in [0.2, 0.25) is 0 Å². The zero-order valence-corrected chi connectivity index (χ0v) is 13.2. The van der Waals surface area contributed by atoms with E-state index < -0.39 is 11.7 Å². The fourth-order valence-corrected chi connectivity index (χ4v) is 2.08. The molecule has 0 aliphatic carbocycles. The van der Waals surface area contributed by atoms with Gasteiger partial charge in [0.1, 0.15) is 11.6 Å². The molecular weight excluding hydrogens is 321 g/mol. The molecule has 2 aromatic rings. The van der Waals surface area contributed by atoms with E-state index in [-0.39, 0.29) is 17.4 Å². The van der Waals surface area contributed by atoms with Gasteiger partial charge >= 0.3 is 0 Å². The molecule has 0 fully saturated rings. The number of nitrogens with one attached hydrogen (secondary N) is 1. The summed E-state index contributed by atoms with van der Waals surface area (Å²) in [4.78, 5) is 23.3. The fourth-order valence-electron chi connectivity index (χ4n) is 1.87. The van der Waals surface area contributed by atoms with Gasteiger partial charge in [-0.2, -0.15) is 0 Å². The number of benzene rings is 2. The Kier molecular flexibility index (Phi) is 5.71. The van der Waals surface area contributed by atoms with Gasteiger partial charge in [0, 0.05) is 12.0 Å². The molecule has 0 bridgehead atoms. The highest BCUT2D eigenvalue weighted by Crippen LogP contribution is 2.22. The van der Waals surface area contributed by atoms with Crippen molar-refractivity contribution in [2.45, 2.75) is 13.3 Å². The molecule has 0 radical (unpaired) electrons. The molecule has 120 valence electrons. The molecule has 0 aliphatic heterocycles. The van der Waals surface area contributed by atoms with Crippen LogP contribution in [-0.2, 0) is 4.79 Å². The molecule has 4 nitrogen and oxygen atoms in total. The van der Waals surface area contributed by atoms with Crippen LogP contribution in [-0.4, -0.2) is 18.3 Å². The number of amides is 1. The Bertz CT molecular complexity index is 716. The highest BCUT2D eigenvalue weighted by molar-refractivity contribution is 6.33. The first-order valence-corrected chi connectivity index (χ1v) is 7.38. The highest BCUT2D eigenvalue weighted by atomic mass is 35.5. The lowest BCUT2D eigenvalue weighted by molar-refractivity contribution is -0.118. The third kappa shape index (κ3) is 4.79. The molecule has 0 saturated carbocycles. The van der Waals surface area contributed by atoms with Crippen LogP contribution in [0.25, 0.3) is 0 Å². The average Bonchev–Trinajstić information content (AvgIpc) is 2.55. The number of ketones is 1. The van der Waals surface area contributed by atoms with Crippen LogP contribution in [0.1, 0.15) is 23.7 Å². The zero-order valence-electron chi connectivity index (χ0n) is 12.4. The Balaban J connectivity index is 1.90. The summed E-state index contributed by atoms with van der Waals surface area (Å²) < 4.78 is 18.3. The van der Waals surface area contributed by atoms with Crippen LogP contribution in [0.3, 0.4) is 0 Å². The molecule has 0 atom stereocenters. The molecule has 1 N–H and O–H groups in total. The quantitative estimate of drug-likeness (QED) is 0.809. The summed E-state index contributed by atoms with van der Waals surface area (Å²) in [5.41, 5.74) is 0.910. The summed E-state index contributed by atoms with van der Waals surface area (Å²) in [6.45, 7) is 1.56. The molecular formula is C17H15ClFNO3. The Hall–Kier alpha value is -2.40. The lowest BCUT2D eigenvalue weighted by Crippen LogP contribution is -2.20. The molecule has 0 heterocycles. The van der Waals surface area contributed by atoms with Crippen LogP contribution in [0.2, 0.25) is 5.02 Å². The SMILES string of the molecule is CCC(=O)c1ccc(OCC(=O)Nc2ccc(F)cc2Cl)cc1. The van der Waals surface area contributed by atoms with E-state index in [4.69, 9.17) is 16.3 Å². The second-order valence-electron chi connectivity index (χ2n) is 4.76. The second kappa shape index (κ2) is 7.74. The Labute approximate surface area is 138 Å². The van der Waals surface area contributed by atoms with Crippen molar-refractivity contribution in [3.05, 3.63) is 58.9 Å². The van der Waals surface area contributed by atoms with Crippen molar-refractivity contribution in [3.8, 4) is 5.75 Å². The fraction of sp³-hybridized carbons (Fsp3) is 0.176. The van der Waals surface area contributed by atoms with Crippen LogP contribution in [0, 0.1) is 5.82 Å². The molecule has 0 aliphatic rings. The Morgan fingerprint density at radius 1 is 1.17 bits per heavy atom. The van der Waals surface area contributed by atoms with Crippen LogP contribution < -0.4 is 10.1 Å². The predicted octanol–water partition coefficient (Wildman–Crippen LogP) is 4.09. The van der Waals surface area contributed by atoms with Crippen molar-refractivity contribution < 1.29 is 18.7 Å². The number of rotatable bonds is 6. The van der Waals surface area contributed by atoms with Crippen LogP contribution in [0.15, 0.2) is 42.5 Å². The van der Waals surface area contributed by atoms with E-state index in [9.17, 15) is 14.0 Å². The Morgan fingerprint density at radius 3 is 2.48 bits per heavy atom. The van der Waals surface area contributed by atoms with Crippen LogP contribution in [0.4, 0.5) is 10.1 Å². The van der Waals surface area contributed by atoms with E-state index >= 15 is 0 Å². The van der Waals surface area contributed by atoms with E-state index in [1.54, 1.807) is 31.2 Å². The molecule has 1 amide bonds. The first-order valence-electron chi connectivity index (χ1n) is 7.00. The topological polar surface area (TPSA) is 55.4 Å². The lowest BCUT2D eigenvalue weighted by Gasteiger charge is -2.09. The largest absolute Gasteiger partial charge is 0.484 e. The van der Waals surface area contributed by atoms with E-state index in [0.717, 1.165) is 6.07 Å². The molecule has 0 spiro atoms. The first kappa shape index (κ1) is 17.0. The Morgan fingerprint density at radius 2 is 1.87 bits per heavy atom. The highest BCUT2D eigenvalue weighted by Gasteiger charge is 2.08. The van der Waals surface area contributed by atoms with Crippen molar-refractivity contribution in [1.82, 2.24) is 0 Å².